The Hall–Kier alpha value is -4.44. The van der Waals surface area contributed by atoms with Crippen molar-refractivity contribution in [1.82, 2.24) is 9.88 Å². The number of likely N-dealkylation sites (tertiary alicyclic amines) is 1. The lowest BCUT2D eigenvalue weighted by atomic mass is 9.90. The summed E-state index contributed by atoms with van der Waals surface area (Å²) in [4.78, 5) is 22.9. The number of ether oxygens (including phenoxy) is 2. The van der Waals surface area contributed by atoms with Crippen LogP contribution in [-0.4, -0.2) is 58.5 Å². The van der Waals surface area contributed by atoms with E-state index in [9.17, 15) is 4.79 Å². The van der Waals surface area contributed by atoms with Crippen molar-refractivity contribution in [3.05, 3.63) is 105 Å². The van der Waals surface area contributed by atoms with Gasteiger partial charge in [0.05, 0.1) is 0 Å². The summed E-state index contributed by atoms with van der Waals surface area (Å²) in [7, 11) is 0. The maximum absolute atomic E-state index is 16.3. The summed E-state index contributed by atoms with van der Waals surface area (Å²) in [5, 5.41) is 0. The van der Waals surface area contributed by atoms with E-state index in [1.807, 2.05) is 81.4 Å². The number of allylic oxidation sites excluding steroid dienone is 2. The monoisotopic (exact) mass is 912 g/mol. The molecule has 0 spiro atoms. The second kappa shape index (κ2) is 15.7. The van der Waals surface area contributed by atoms with Gasteiger partial charge in [0.15, 0.2) is 0 Å². The van der Waals surface area contributed by atoms with Gasteiger partial charge < -0.3 is 14.4 Å². The number of benzene rings is 1. The molecule has 0 bridgehead atoms. The molecule has 5 nitrogen and oxygen atoms in total. The Morgan fingerprint density at radius 1 is 0.656 bits per heavy atom. The molecule has 0 radical (unpaired) electrons. The molecule has 6 heterocycles. The minimum absolute atomic E-state index is 0.0678. The number of rotatable bonds is 8. The van der Waals surface area contributed by atoms with Gasteiger partial charge in [-0.2, -0.15) is 26.3 Å². The number of pyridine rings is 1. The summed E-state index contributed by atoms with van der Waals surface area (Å²) >= 11 is 5.04. The largest absolute Gasteiger partial charge is 0.490 e. The minimum atomic E-state index is -5.67. The molecular weight excluding hydrogens is 871 g/mol. The number of nitrogens with zero attached hydrogens (tertiary/aromatic N) is 2. The van der Waals surface area contributed by atoms with Crippen LogP contribution in [0, 0.1) is 27.7 Å². The fraction of sp³-hybridized carbons (Fsp3) is 0.348. The first-order valence-electron chi connectivity index (χ1n) is 19.6. The zero-order valence-electron chi connectivity index (χ0n) is 34.4. The van der Waals surface area contributed by atoms with Gasteiger partial charge in [0.2, 0.25) is 0 Å². The van der Waals surface area contributed by atoms with Crippen LogP contribution in [0.25, 0.3) is 51.5 Å². The Morgan fingerprint density at radius 2 is 1.10 bits per heavy atom. The van der Waals surface area contributed by atoms with Crippen LogP contribution in [0.5, 0.6) is 5.75 Å². The molecule has 5 aromatic heterocycles. The number of aromatic nitrogens is 1. The van der Waals surface area contributed by atoms with E-state index in [1.165, 1.54) is 50.4 Å². The third kappa shape index (κ3) is 7.63. The van der Waals surface area contributed by atoms with Crippen LogP contribution in [0.1, 0.15) is 65.6 Å². The number of carbonyl (C=O) groups excluding carboxylic acids is 1. The second-order valence-electron chi connectivity index (χ2n) is 16.3. The smallest absolute Gasteiger partial charge is 0.410 e. The van der Waals surface area contributed by atoms with Gasteiger partial charge in [-0.05, 0) is 131 Å². The van der Waals surface area contributed by atoms with E-state index in [1.54, 1.807) is 17.3 Å². The third-order valence-corrected chi connectivity index (χ3v) is 16.0. The van der Waals surface area contributed by atoms with E-state index in [2.05, 4.69) is 4.98 Å². The van der Waals surface area contributed by atoms with Crippen molar-refractivity contribution in [3.63, 3.8) is 0 Å². The molecule has 8 rings (SSSR count). The van der Waals surface area contributed by atoms with Gasteiger partial charge in [-0.15, -0.1) is 45.3 Å². The molecule has 1 aromatic carbocycles. The minimum Gasteiger partial charge on any atom is -0.490 e. The highest BCUT2D eigenvalue weighted by Gasteiger charge is 2.80. The van der Waals surface area contributed by atoms with E-state index < -0.39 is 34.5 Å². The predicted molar refractivity (Wildman–Crippen MR) is 236 cm³/mol. The summed E-state index contributed by atoms with van der Waals surface area (Å²) in [6.07, 6.45) is 4.22. The molecule has 61 heavy (non-hydrogen) atoms. The predicted octanol–water partition coefficient (Wildman–Crippen LogP) is 14.8. The number of hydrogen-bond donors (Lipinski definition) is 0. The zero-order valence-corrected chi connectivity index (χ0v) is 37.6. The number of piperidine rings is 1. The molecule has 0 atom stereocenters. The highest BCUT2D eigenvalue weighted by atomic mass is 32.1. The standard InChI is InChI=1S/C46H42F6N2O3S4/c1-24-36(26(3)58-40(24)34-14-12-32(60-34)28-8-10-30(11-9-28)56-31-18-22-54(23-19-31)42(55)57-43(5,6)7)38-39(45(49,50)46(51,52)44(38,47)48)37-25(2)41(59-27(37)4)35-15-13-33(61-35)29-16-20-53-21-17-29/h8-17,20-21,31H,18-19,22-23H2,1-7H3. The molecule has 1 saturated heterocycles. The van der Waals surface area contributed by atoms with Crippen LogP contribution in [0.3, 0.4) is 0 Å². The Bertz CT molecular complexity index is 2640. The lowest BCUT2D eigenvalue weighted by Gasteiger charge is -2.33. The Morgan fingerprint density at radius 3 is 1.56 bits per heavy atom. The van der Waals surface area contributed by atoms with Crippen LogP contribution < -0.4 is 4.74 Å². The van der Waals surface area contributed by atoms with Crippen molar-refractivity contribution < 1.29 is 40.6 Å². The fourth-order valence-corrected chi connectivity index (χ4v) is 12.7. The average molecular weight is 913 g/mol. The third-order valence-electron chi connectivity index (χ3n) is 11.0. The molecule has 0 unspecified atom stereocenters. The maximum atomic E-state index is 16.3. The van der Waals surface area contributed by atoms with Crippen LogP contribution >= 0.6 is 45.3 Å². The molecule has 15 heteroatoms. The number of carbonyl (C=O) groups is 1. The van der Waals surface area contributed by atoms with Gasteiger partial charge in [-0.1, -0.05) is 0 Å². The molecule has 0 N–H and O–H groups in total. The molecule has 1 aliphatic carbocycles. The number of hydrogen-bond acceptors (Lipinski definition) is 8. The summed E-state index contributed by atoms with van der Waals surface area (Å²) in [5.41, 5.74) is -1.47. The van der Waals surface area contributed by atoms with E-state index in [0.29, 0.717) is 51.2 Å². The van der Waals surface area contributed by atoms with Gasteiger partial charge in [0.25, 0.3) is 0 Å². The highest BCUT2D eigenvalue weighted by Crippen LogP contribution is 2.67. The molecular formula is C46H42F6N2O3S4. The van der Waals surface area contributed by atoms with Gasteiger partial charge in [0.1, 0.15) is 17.5 Å². The number of amides is 1. The SMILES string of the molecule is Cc1sc(-c2ccc(-c3ccncc3)s2)c(C)c1C1=C(c2c(C)sc(-c3ccc(-c4ccc(OC5CCN(C(=O)OC(C)(C)C)CC5)cc4)s3)c2C)C(F)(F)C(F)(F)C1(F)F. The van der Waals surface area contributed by atoms with Crippen molar-refractivity contribution in [2.24, 2.45) is 0 Å². The quantitative estimate of drug-likeness (QED) is 0.143. The van der Waals surface area contributed by atoms with Crippen molar-refractivity contribution in [1.29, 1.82) is 0 Å². The topological polar surface area (TPSA) is 51.7 Å². The van der Waals surface area contributed by atoms with Crippen LogP contribution in [0.2, 0.25) is 0 Å². The number of alkyl halides is 6. The van der Waals surface area contributed by atoms with E-state index in [4.69, 9.17) is 9.47 Å². The molecule has 1 amide bonds. The second-order valence-corrected chi connectivity index (χ2v) is 20.9. The number of aryl methyl sites for hydroxylation is 2. The number of thiophene rings is 4. The normalized spacial score (nSPS) is 17.6. The van der Waals surface area contributed by atoms with Crippen molar-refractivity contribution in [2.45, 2.75) is 90.8 Å². The zero-order chi connectivity index (χ0) is 43.8. The van der Waals surface area contributed by atoms with Gasteiger partial charge in [-0.3, -0.25) is 4.98 Å². The first-order chi connectivity index (χ1) is 28.7. The Balaban J connectivity index is 1.08. The van der Waals surface area contributed by atoms with Crippen LogP contribution in [0.4, 0.5) is 31.1 Å². The van der Waals surface area contributed by atoms with Gasteiger partial charge >= 0.3 is 23.9 Å². The highest BCUT2D eigenvalue weighted by molar-refractivity contribution is 7.24. The van der Waals surface area contributed by atoms with Gasteiger partial charge in [-0.25, -0.2) is 4.79 Å². The lowest BCUT2D eigenvalue weighted by Crippen LogP contribution is -2.49. The summed E-state index contributed by atoms with van der Waals surface area (Å²) < 4.78 is 108. The van der Waals surface area contributed by atoms with Crippen molar-refractivity contribution >= 4 is 62.6 Å². The van der Waals surface area contributed by atoms with E-state index in [0.717, 1.165) is 43.6 Å². The van der Waals surface area contributed by atoms with Crippen molar-refractivity contribution in [3.8, 4) is 46.1 Å². The summed E-state index contributed by atoms with van der Waals surface area (Å²) in [6.45, 7) is 12.7. The average Bonchev–Trinajstić information content (AvgIpc) is 4.02. The van der Waals surface area contributed by atoms with Crippen molar-refractivity contribution in [2.75, 3.05) is 13.1 Å². The molecule has 2 aliphatic rings. The fourth-order valence-electron chi connectivity index (χ4n) is 8.02. The van der Waals surface area contributed by atoms with E-state index >= 15 is 26.3 Å². The summed E-state index contributed by atoms with van der Waals surface area (Å²) in [6, 6.07) is 18.6. The Labute approximate surface area is 366 Å². The molecule has 0 saturated carbocycles. The first-order valence-corrected chi connectivity index (χ1v) is 22.9. The number of halogens is 6. The molecule has 1 fully saturated rings. The summed E-state index contributed by atoms with van der Waals surface area (Å²) in [5.74, 6) is -15.3. The van der Waals surface area contributed by atoms with Gasteiger partial charge in [0, 0.05) is 99.6 Å². The lowest BCUT2D eigenvalue weighted by molar-refractivity contribution is -0.254. The Kier molecular flexibility index (Phi) is 11.1. The molecule has 6 aromatic rings. The molecule has 1 aliphatic heterocycles. The maximum Gasteiger partial charge on any atom is 0.410 e. The molecule has 320 valence electrons. The van der Waals surface area contributed by atoms with Crippen LogP contribution in [0.15, 0.2) is 73.1 Å². The van der Waals surface area contributed by atoms with Crippen LogP contribution in [-0.2, 0) is 4.74 Å². The first kappa shape index (κ1) is 43.2. The van der Waals surface area contributed by atoms with E-state index in [-0.39, 0.29) is 44.2 Å².